The highest BCUT2D eigenvalue weighted by atomic mass is 32.1. The van der Waals surface area contributed by atoms with Crippen molar-refractivity contribution >= 4 is 17.2 Å². The topological polar surface area (TPSA) is 32.3 Å². The summed E-state index contributed by atoms with van der Waals surface area (Å²) in [6.45, 7) is 0.759. The van der Waals surface area contributed by atoms with Crippen LogP contribution in [-0.2, 0) is 0 Å². The van der Waals surface area contributed by atoms with E-state index in [-0.39, 0.29) is 11.4 Å². The largest absolute Gasteiger partial charge is 0.350 e. The van der Waals surface area contributed by atoms with E-state index in [0.29, 0.717) is 0 Å². The summed E-state index contributed by atoms with van der Waals surface area (Å²) >= 11 is 1.57. The first-order valence-electron chi connectivity index (χ1n) is 7.12. The summed E-state index contributed by atoms with van der Waals surface area (Å²) in [6.07, 6.45) is 7.56. The lowest BCUT2D eigenvalue weighted by molar-refractivity contribution is 0.0869. The van der Waals surface area contributed by atoms with E-state index in [4.69, 9.17) is 0 Å². The fourth-order valence-electron chi connectivity index (χ4n) is 2.91. The van der Waals surface area contributed by atoms with Gasteiger partial charge in [-0.25, -0.2) is 0 Å². The van der Waals surface area contributed by atoms with Crippen molar-refractivity contribution in [3.63, 3.8) is 0 Å². The standard InChI is InChI=1S/C15H24N2OS/c1-17(2)15(8-5-3-4-6-9-15)12-16-14(18)13-7-10-19-11-13/h7,10-11H,3-6,8-9,12H2,1-2H3,(H,16,18). The summed E-state index contributed by atoms with van der Waals surface area (Å²) < 4.78 is 0. The van der Waals surface area contributed by atoms with Gasteiger partial charge in [0.1, 0.15) is 0 Å². The molecule has 1 amide bonds. The van der Waals surface area contributed by atoms with E-state index in [9.17, 15) is 4.79 Å². The molecule has 0 spiro atoms. The zero-order chi connectivity index (χ0) is 13.7. The quantitative estimate of drug-likeness (QED) is 0.859. The second kappa shape index (κ2) is 6.53. The third-order valence-corrected chi connectivity index (χ3v) is 5.03. The molecular weight excluding hydrogens is 256 g/mol. The maximum Gasteiger partial charge on any atom is 0.252 e. The zero-order valence-corrected chi connectivity index (χ0v) is 12.8. The minimum absolute atomic E-state index is 0.0618. The van der Waals surface area contributed by atoms with Crippen LogP contribution >= 0.6 is 11.3 Å². The molecule has 106 valence electrons. The molecule has 1 aromatic heterocycles. The van der Waals surface area contributed by atoms with E-state index < -0.39 is 0 Å². The van der Waals surface area contributed by atoms with E-state index in [1.807, 2.05) is 16.8 Å². The number of hydrogen-bond acceptors (Lipinski definition) is 3. The summed E-state index contributed by atoms with van der Waals surface area (Å²) in [5, 5.41) is 6.98. The molecule has 4 heteroatoms. The summed E-state index contributed by atoms with van der Waals surface area (Å²) in [6, 6.07) is 1.88. The molecule has 0 saturated heterocycles. The molecule has 0 unspecified atom stereocenters. The normalized spacial score (nSPS) is 19.1. The first-order chi connectivity index (χ1) is 9.14. The monoisotopic (exact) mass is 280 g/mol. The molecule has 0 aromatic carbocycles. The Balaban J connectivity index is 1.98. The number of thiophene rings is 1. The Morgan fingerprint density at radius 2 is 2.00 bits per heavy atom. The predicted molar refractivity (Wildman–Crippen MR) is 80.8 cm³/mol. The van der Waals surface area contributed by atoms with Gasteiger partial charge in [0, 0.05) is 23.0 Å². The molecule has 1 aliphatic rings. The zero-order valence-electron chi connectivity index (χ0n) is 11.9. The molecule has 2 rings (SSSR count). The van der Waals surface area contributed by atoms with E-state index in [2.05, 4.69) is 24.3 Å². The number of likely N-dealkylation sites (N-methyl/N-ethyl adjacent to an activating group) is 1. The molecule has 19 heavy (non-hydrogen) atoms. The number of carbonyl (C=O) groups excluding carboxylic acids is 1. The van der Waals surface area contributed by atoms with Crippen molar-refractivity contribution in [3.05, 3.63) is 22.4 Å². The second-order valence-electron chi connectivity index (χ2n) is 5.73. The number of nitrogens with one attached hydrogen (secondary N) is 1. The number of nitrogens with zero attached hydrogens (tertiary/aromatic N) is 1. The third-order valence-electron chi connectivity index (χ3n) is 4.34. The van der Waals surface area contributed by atoms with Crippen molar-refractivity contribution in [2.75, 3.05) is 20.6 Å². The Bertz CT molecular complexity index is 392. The smallest absolute Gasteiger partial charge is 0.252 e. The Hall–Kier alpha value is -0.870. The van der Waals surface area contributed by atoms with Crippen molar-refractivity contribution in [1.29, 1.82) is 0 Å². The van der Waals surface area contributed by atoms with Crippen LogP contribution in [0.25, 0.3) is 0 Å². The number of carbonyl (C=O) groups is 1. The van der Waals surface area contributed by atoms with Crippen LogP contribution in [0.3, 0.4) is 0 Å². The van der Waals surface area contributed by atoms with Gasteiger partial charge in [-0.05, 0) is 38.4 Å². The van der Waals surface area contributed by atoms with Gasteiger partial charge < -0.3 is 10.2 Å². The molecule has 1 aromatic rings. The molecule has 0 radical (unpaired) electrons. The van der Waals surface area contributed by atoms with Crippen LogP contribution in [0, 0.1) is 0 Å². The van der Waals surface area contributed by atoms with Crippen molar-refractivity contribution in [2.24, 2.45) is 0 Å². The van der Waals surface area contributed by atoms with Gasteiger partial charge in [-0.2, -0.15) is 11.3 Å². The molecular formula is C15H24N2OS. The molecule has 1 fully saturated rings. The van der Waals surface area contributed by atoms with Gasteiger partial charge >= 0.3 is 0 Å². The maximum absolute atomic E-state index is 12.1. The number of hydrogen-bond donors (Lipinski definition) is 1. The highest BCUT2D eigenvalue weighted by Gasteiger charge is 2.33. The van der Waals surface area contributed by atoms with Crippen molar-refractivity contribution in [2.45, 2.75) is 44.1 Å². The third kappa shape index (κ3) is 3.57. The van der Waals surface area contributed by atoms with Crippen molar-refractivity contribution in [3.8, 4) is 0 Å². The molecule has 1 saturated carbocycles. The van der Waals surface area contributed by atoms with Crippen LogP contribution in [0.4, 0.5) is 0 Å². The highest BCUT2D eigenvalue weighted by molar-refractivity contribution is 7.08. The Morgan fingerprint density at radius 1 is 1.32 bits per heavy atom. The SMILES string of the molecule is CN(C)C1(CNC(=O)c2ccsc2)CCCCCC1. The summed E-state index contributed by atoms with van der Waals surface area (Å²) in [5.41, 5.74) is 0.926. The van der Waals surface area contributed by atoms with Gasteiger partial charge in [0.15, 0.2) is 0 Å². The van der Waals surface area contributed by atoms with Gasteiger partial charge in [-0.1, -0.05) is 25.7 Å². The van der Waals surface area contributed by atoms with Crippen molar-refractivity contribution in [1.82, 2.24) is 10.2 Å². The molecule has 1 heterocycles. The van der Waals surface area contributed by atoms with Gasteiger partial charge in [0.25, 0.3) is 5.91 Å². The fourth-order valence-corrected chi connectivity index (χ4v) is 3.55. The average molecular weight is 280 g/mol. The van der Waals surface area contributed by atoms with Crippen LogP contribution < -0.4 is 5.32 Å². The molecule has 1 aliphatic carbocycles. The molecule has 0 bridgehead atoms. The molecule has 0 atom stereocenters. The first kappa shape index (κ1) is 14.5. The Morgan fingerprint density at radius 3 is 2.53 bits per heavy atom. The lowest BCUT2D eigenvalue weighted by Gasteiger charge is -2.39. The van der Waals surface area contributed by atoms with Crippen LogP contribution in [0.15, 0.2) is 16.8 Å². The Kier molecular flexibility index (Phi) is 4.99. The fraction of sp³-hybridized carbons (Fsp3) is 0.667. The van der Waals surface area contributed by atoms with Gasteiger partial charge in [-0.15, -0.1) is 0 Å². The summed E-state index contributed by atoms with van der Waals surface area (Å²) in [5.74, 6) is 0.0618. The summed E-state index contributed by atoms with van der Waals surface area (Å²) in [7, 11) is 4.28. The lowest BCUT2D eigenvalue weighted by atomic mass is 9.88. The van der Waals surface area contributed by atoms with Gasteiger partial charge in [0.05, 0.1) is 0 Å². The van der Waals surface area contributed by atoms with Crippen LogP contribution in [0.2, 0.25) is 0 Å². The lowest BCUT2D eigenvalue weighted by Crippen LogP contribution is -2.52. The molecule has 3 nitrogen and oxygen atoms in total. The minimum atomic E-state index is 0.0618. The van der Waals surface area contributed by atoms with Gasteiger partial charge in [0.2, 0.25) is 0 Å². The summed E-state index contributed by atoms with van der Waals surface area (Å²) in [4.78, 5) is 14.4. The maximum atomic E-state index is 12.1. The van der Waals surface area contributed by atoms with E-state index in [0.717, 1.165) is 12.1 Å². The number of amides is 1. The average Bonchev–Trinajstić information content (AvgIpc) is 2.82. The van der Waals surface area contributed by atoms with Crippen molar-refractivity contribution < 1.29 is 4.79 Å². The minimum Gasteiger partial charge on any atom is -0.350 e. The number of rotatable bonds is 4. The van der Waals surface area contributed by atoms with Crippen LogP contribution in [0.1, 0.15) is 48.9 Å². The van der Waals surface area contributed by atoms with Crippen LogP contribution in [0.5, 0.6) is 0 Å². The van der Waals surface area contributed by atoms with E-state index in [1.165, 1.54) is 38.5 Å². The Labute approximate surface area is 120 Å². The molecule has 1 N–H and O–H groups in total. The van der Waals surface area contributed by atoms with Crippen LogP contribution in [-0.4, -0.2) is 37.0 Å². The van der Waals surface area contributed by atoms with Gasteiger partial charge in [-0.3, -0.25) is 4.79 Å². The molecule has 0 aliphatic heterocycles. The predicted octanol–water partition coefficient (Wildman–Crippen LogP) is 3.13. The first-order valence-corrected chi connectivity index (χ1v) is 8.06. The van der Waals surface area contributed by atoms with E-state index >= 15 is 0 Å². The second-order valence-corrected chi connectivity index (χ2v) is 6.51. The van der Waals surface area contributed by atoms with E-state index in [1.54, 1.807) is 11.3 Å². The highest BCUT2D eigenvalue weighted by Crippen LogP contribution is 2.30.